The van der Waals surface area contributed by atoms with Crippen molar-refractivity contribution in [1.82, 2.24) is 4.98 Å². The molecule has 0 aromatic carbocycles. The molecule has 2 nitrogen and oxygen atoms in total. The molecule has 3 heteroatoms. The molecular formula is C12H16BrNO. The van der Waals surface area contributed by atoms with Gasteiger partial charge in [-0.05, 0) is 58.7 Å². The molecule has 1 aliphatic carbocycles. The number of aliphatic hydroxyl groups excluding tert-OH is 1. The van der Waals surface area contributed by atoms with Crippen LogP contribution in [0.15, 0.2) is 22.9 Å². The van der Waals surface area contributed by atoms with Crippen LogP contribution in [0.4, 0.5) is 0 Å². The minimum Gasteiger partial charge on any atom is -0.393 e. The molecule has 3 atom stereocenters. The Labute approximate surface area is 98.9 Å². The summed E-state index contributed by atoms with van der Waals surface area (Å²) in [6, 6.07) is 2.12. The van der Waals surface area contributed by atoms with Gasteiger partial charge in [-0.2, -0.15) is 0 Å². The van der Waals surface area contributed by atoms with Crippen LogP contribution in [-0.2, 0) is 6.42 Å². The number of hydrogen-bond acceptors (Lipinski definition) is 2. The summed E-state index contributed by atoms with van der Waals surface area (Å²) in [4.78, 5) is 4.16. The lowest BCUT2D eigenvalue weighted by Crippen LogP contribution is -2.16. The smallest absolute Gasteiger partial charge is 0.0568 e. The fourth-order valence-corrected chi connectivity index (χ4v) is 2.80. The first-order chi connectivity index (χ1) is 7.16. The van der Waals surface area contributed by atoms with Gasteiger partial charge in [-0.15, -0.1) is 0 Å². The van der Waals surface area contributed by atoms with E-state index in [1.165, 1.54) is 5.56 Å². The Balaban J connectivity index is 2.03. The highest BCUT2D eigenvalue weighted by Crippen LogP contribution is 2.34. The van der Waals surface area contributed by atoms with Crippen molar-refractivity contribution in [2.24, 2.45) is 11.8 Å². The van der Waals surface area contributed by atoms with Crippen LogP contribution in [0.5, 0.6) is 0 Å². The molecule has 0 radical (unpaired) electrons. The maximum Gasteiger partial charge on any atom is 0.0568 e. The summed E-state index contributed by atoms with van der Waals surface area (Å²) in [6.07, 6.45) is 6.74. The van der Waals surface area contributed by atoms with Crippen molar-refractivity contribution in [1.29, 1.82) is 0 Å². The predicted molar refractivity (Wildman–Crippen MR) is 63.5 cm³/mol. The van der Waals surface area contributed by atoms with Crippen molar-refractivity contribution in [2.75, 3.05) is 0 Å². The van der Waals surface area contributed by atoms with Gasteiger partial charge in [-0.1, -0.05) is 6.92 Å². The van der Waals surface area contributed by atoms with E-state index in [4.69, 9.17) is 0 Å². The quantitative estimate of drug-likeness (QED) is 0.896. The van der Waals surface area contributed by atoms with Crippen molar-refractivity contribution < 1.29 is 5.11 Å². The molecule has 0 bridgehead atoms. The van der Waals surface area contributed by atoms with Crippen molar-refractivity contribution in [3.63, 3.8) is 0 Å². The molecule has 1 saturated carbocycles. The first-order valence-electron chi connectivity index (χ1n) is 5.44. The first kappa shape index (κ1) is 11.1. The predicted octanol–water partition coefficient (Wildman–Crippen LogP) is 2.79. The standard InChI is InChI=1S/C12H16BrNO/c1-8-10(2-3-12(8)15)4-9-5-11(13)7-14-6-9/h5-8,10,12,15H,2-4H2,1H3. The molecule has 0 spiro atoms. The van der Waals surface area contributed by atoms with Crippen molar-refractivity contribution in [3.8, 4) is 0 Å². The van der Waals surface area contributed by atoms with E-state index in [1.807, 2.05) is 6.20 Å². The van der Waals surface area contributed by atoms with Crippen LogP contribution in [0.2, 0.25) is 0 Å². The second-order valence-corrected chi connectivity index (χ2v) is 5.40. The van der Waals surface area contributed by atoms with E-state index >= 15 is 0 Å². The van der Waals surface area contributed by atoms with E-state index in [9.17, 15) is 5.11 Å². The zero-order chi connectivity index (χ0) is 10.8. The summed E-state index contributed by atoms with van der Waals surface area (Å²) in [5, 5.41) is 9.68. The van der Waals surface area contributed by atoms with E-state index in [1.54, 1.807) is 6.20 Å². The molecule has 82 valence electrons. The maximum absolute atomic E-state index is 9.68. The number of hydrogen-bond donors (Lipinski definition) is 1. The number of aromatic nitrogens is 1. The van der Waals surface area contributed by atoms with Gasteiger partial charge >= 0.3 is 0 Å². The Hall–Kier alpha value is -0.410. The molecule has 1 aromatic rings. The third kappa shape index (κ3) is 2.58. The molecule has 1 fully saturated rings. The molecule has 3 unspecified atom stereocenters. The lowest BCUT2D eigenvalue weighted by Gasteiger charge is -2.17. The van der Waals surface area contributed by atoms with Gasteiger partial charge in [0, 0.05) is 16.9 Å². The third-order valence-corrected chi connectivity index (χ3v) is 3.88. The van der Waals surface area contributed by atoms with Gasteiger partial charge in [0.1, 0.15) is 0 Å². The van der Waals surface area contributed by atoms with Gasteiger partial charge < -0.3 is 5.11 Å². The molecule has 0 amide bonds. The fourth-order valence-electron chi connectivity index (χ4n) is 2.38. The third-order valence-electron chi connectivity index (χ3n) is 3.44. The Morgan fingerprint density at radius 2 is 2.27 bits per heavy atom. The first-order valence-corrected chi connectivity index (χ1v) is 6.23. The van der Waals surface area contributed by atoms with Gasteiger partial charge in [0.2, 0.25) is 0 Å². The SMILES string of the molecule is CC1C(O)CCC1Cc1cncc(Br)c1. The fraction of sp³-hybridized carbons (Fsp3) is 0.583. The zero-order valence-corrected chi connectivity index (χ0v) is 10.4. The molecule has 1 aromatic heterocycles. The summed E-state index contributed by atoms with van der Waals surface area (Å²) in [5.41, 5.74) is 1.26. The summed E-state index contributed by atoms with van der Waals surface area (Å²) in [7, 11) is 0. The zero-order valence-electron chi connectivity index (χ0n) is 8.86. The van der Waals surface area contributed by atoms with Crippen molar-refractivity contribution in [3.05, 3.63) is 28.5 Å². The molecule has 0 aliphatic heterocycles. The van der Waals surface area contributed by atoms with Crippen LogP contribution < -0.4 is 0 Å². The second-order valence-electron chi connectivity index (χ2n) is 4.48. The Morgan fingerprint density at radius 1 is 1.47 bits per heavy atom. The highest BCUT2D eigenvalue weighted by Gasteiger charge is 2.31. The van der Waals surface area contributed by atoms with Crippen LogP contribution in [0, 0.1) is 11.8 Å². The second kappa shape index (κ2) is 4.62. The lowest BCUT2D eigenvalue weighted by atomic mass is 9.91. The Kier molecular flexibility index (Phi) is 3.42. The van der Waals surface area contributed by atoms with Gasteiger partial charge in [0.25, 0.3) is 0 Å². The van der Waals surface area contributed by atoms with Crippen LogP contribution >= 0.6 is 15.9 Å². The summed E-state index contributed by atoms with van der Waals surface area (Å²) in [5.74, 6) is 1.03. The van der Waals surface area contributed by atoms with Gasteiger partial charge in [0.15, 0.2) is 0 Å². The lowest BCUT2D eigenvalue weighted by molar-refractivity contribution is 0.127. The average molecular weight is 270 g/mol. The highest BCUT2D eigenvalue weighted by atomic mass is 79.9. The summed E-state index contributed by atoms with van der Waals surface area (Å²) < 4.78 is 1.03. The molecule has 1 N–H and O–H groups in total. The van der Waals surface area contributed by atoms with Crippen LogP contribution in [0.3, 0.4) is 0 Å². The number of pyridine rings is 1. The van der Waals surface area contributed by atoms with Crippen LogP contribution in [-0.4, -0.2) is 16.2 Å². The number of rotatable bonds is 2. The number of halogens is 1. The van der Waals surface area contributed by atoms with Gasteiger partial charge in [-0.25, -0.2) is 0 Å². The summed E-state index contributed by atoms with van der Waals surface area (Å²) in [6.45, 7) is 2.15. The summed E-state index contributed by atoms with van der Waals surface area (Å²) >= 11 is 3.43. The highest BCUT2D eigenvalue weighted by molar-refractivity contribution is 9.10. The van der Waals surface area contributed by atoms with E-state index in [0.717, 1.165) is 23.7 Å². The topological polar surface area (TPSA) is 33.1 Å². The monoisotopic (exact) mass is 269 g/mol. The molecule has 1 aliphatic rings. The molecule has 1 heterocycles. The van der Waals surface area contributed by atoms with E-state index in [0.29, 0.717) is 11.8 Å². The Bertz CT molecular complexity index is 342. The van der Waals surface area contributed by atoms with Crippen molar-refractivity contribution >= 4 is 15.9 Å². The molecule has 2 rings (SSSR count). The van der Waals surface area contributed by atoms with Crippen molar-refractivity contribution in [2.45, 2.75) is 32.3 Å². The average Bonchev–Trinajstić information content (AvgIpc) is 2.50. The van der Waals surface area contributed by atoms with Crippen LogP contribution in [0.25, 0.3) is 0 Å². The van der Waals surface area contributed by atoms with E-state index in [-0.39, 0.29) is 6.10 Å². The van der Waals surface area contributed by atoms with Crippen LogP contribution in [0.1, 0.15) is 25.3 Å². The van der Waals surface area contributed by atoms with Gasteiger partial charge in [-0.3, -0.25) is 4.98 Å². The Morgan fingerprint density at radius 3 is 2.87 bits per heavy atom. The molecule has 0 saturated heterocycles. The van der Waals surface area contributed by atoms with Gasteiger partial charge in [0.05, 0.1) is 6.10 Å². The maximum atomic E-state index is 9.68. The number of nitrogens with zero attached hydrogens (tertiary/aromatic N) is 1. The number of aliphatic hydroxyl groups is 1. The molecular weight excluding hydrogens is 254 g/mol. The minimum atomic E-state index is -0.102. The van der Waals surface area contributed by atoms with E-state index in [2.05, 4.69) is 33.9 Å². The largest absolute Gasteiger partial charge is 0.393 e. The normalized spacial score (nSPS) is 30.7. The molecule has 15 heavy (non-hydrogen) atoms. The minimum absolute atomic E-state index is 0.102. The van der Waals surface area contributed by atoms with E-state index < -0.39 is 0 Å².